The van der Waals surface area contributed by atoms with E-state index in [0.29, 0.717) is 31.9 Å². The van der Waals surface area contributed by atoms with Crippen molar-refractivity contribution in [2.24, 2.45) is 0 Å². The predicted octanol–water partition coefficient (Wildman–Crippen LogP) is 5.88. The lowest BCUT2D eigenvalue weighted by Crippen LogP contribution is -2.29. The first kappa shape index (κ1) is 21.9. The molecule has 3 heterocycles. The van der Waals surface area contributed by atoms with E-state index in [1.165, 1.54) is 21.2 Å². The van der Waals surface area contributed by atoms with Crippen LogP contribution in [0.2, 0.25) is 10.0 Å². The van der Waals surface area contributed by atoms with Crippen molar-refractivity contribution in [3.8, 4) is 0 Å². The van der Waals surface area contributed by atoms with E-state index in [2.05, 4.69) is 10.2 Å². The van der Waals surface area contributed by atoms with Crippen LogP contribution in [-0.2, 0) is 18.6 Å². The molecule has 0 bridgehead atoms. The van der Waals surface area contributed by atoms with Crippen LogP contribution in [0, 0.1) is 0 Å². The third-order valence-corrected chi connectivity index (χ3v) is 8.93. The number of nitrogens with zero attached hydrogens (tertiary/aromatic N) is 4. The molecule has 5 aromatic rings. The maximum atomic E-state index is 13.7. The van der Waals surface area contributed by atoms with Crippen LogP contribution in [0.1, 0.15) is 32.8 Å². The lowest BCUT2D eigenvalue weighted by molar-refractivity contribution is 0.0960. The molecule has 0 N–H and O–H groups in total. The lowest BCUT2D eigenvalue weighted by atomic mass is 10.2. The van der Waals surface area contributed by atoms with Gasteiger partial charge in [-0.25, -0.2) is 8.97 Å². The molecule has 0 saturated carbocycles. The highest BCUT2D eigenvalue weighted by atomic mass is 35.5. The van der Waals surface area contributed by atoms with Crippen molar-refractivity contribution in [2.45, 2.75) is 30.2 Å². The van der Waals surface area contributed by atoms with E-state index >= 15 is 0 Å². The molecule has 34 heavy (non-hydrogen) atoms. The minimum atomic E-state index is -0.413. The second kappa shape index (κ2) is 8.53. The fraction of sp³-hybridized carbons (Fsp3) is 0.167. The summed E-state index contributed by atoms with van der Waals surface area (Å²) in [5.74, 6) is 0.391. The number of carbonyl (C=O) groups is 1. The normalized spacial score (nSPS) is 13.1. The van der Waals surface area contributed by atoms with Crippen molar-refractivity contribution in [1.82, 2.24) is 19.2 Å². The molecular formula is C24H16Cl2N4O2S2. The first-order valence-electron chi connectivity index (χ1n) is 10.6. The van der Waals surface area contributed by atoms with Crippen LogP contribution in [0.5, 0.6) is 0 Å². The summed E-state index contributed by atoms with van der Waals surface area (Å²) in [5.41, 5.74) is 2.13. The molecule has 6 nitrogen and oxygen atoms in total. The molecule has 1 aliphatic carbocycles. The zero-order valence-corrected chi connectivity index (χ0v) is 20.8. The van der Waals surface area contributed by atoms with Crippen LogP contribution < -0.4 is 5.56 Å². The Morgan fingerprint density at radius 2 is 1.88 bits per heavy atom. The van der Waals surface area contributed by atoms with Gasteiger partial charge in [0.15, 0.2) is 5.16 Å². The Labute approximate surface area is 212 Å². The van der Waals surface area contributed by atoms with E-state index in [1.54, 1.807) is 41.7 Å². The number of hydrogen-bond acceptors (Lipinski definition) is 6. The summed E-state index contributed by atoms with van der Waals surface area (Å²) >= 11 is 15.3. The Morgan fingerprint density at radius 3 is 2.68 bits per heavy atom. The molecule has 0 aliphatic heterocycles. The van der Waals surface area contributed by atoms with Gasteiger partial charge in [0.25, 0.3) is 11.5 Å². The second-order valence-electron chi connectivity index (χ2n) is 8.00. The number of thioether (sulfide) groups is 1. The van der Waals surface area contributed by atoms with Crippen LogP contribution in [0.15, 0.2) is 58.5 Å². The molecular weight excluding hydrogens is 511 g/mol. The molecule has 0 saturated heterocycles. The second-order valence-corrected chi connectivity index (χ2v) is 10.8. The number of carbonyl (C=O) groups excluding carboxylic acids is 1. The van der Waals surface area contributed by atoms with Crippen LogP contribution in [0.3, 0.4) is 0 Å². The smallest absolute Gasteiger partial charge is 0.268 e. The summed E-state index contributed by atoms with van der Waals surface area (Å²) in [6.07, 6.45) is 2.79. The van der Waals surface area contributed by atoms with E-state index in [-0.39, 0.29) is 11.3 Å². The van der Waals surface area contributed by atoms with Gasteiger partial charge in [0, 0.05) is 16.2 Å². The van der Waals surface area contributed by atoms with E-state index in [1.807, 2.05) is 22.6 Å². The van der Waals surface area contributed by atoms with Crippen LogP contribution in [0.4, 0.5) is 0 Å². The SMILES string of the molecule is O=C(c1ccccc1)n1c(=O)c2c3c(sc2n2c(SCc4ccc(Cl)c(Cl)c4)nnc12)CCC3. The van der Waals surface area contributed by atoms with Gasteiger partial charge in [-0.15, -0.1) is 21.5 Å². The van der Waals surface area contributed by atoms with Gasteiger partial charge in [-0.3, -0.25) is 9.59 Å². The van der Waals surface area contributed by atoms with Gasteiger partial charge in [0.05, 0.1) is 15.4 Å². The monoisotopic (exact) mass is 526 g/mol. The van der Waals surface area contributed by atoms with E-state index in [4.69, 9.17) is 23.2 Å². The lowest BCUT2D eigenvalue weighted by Gasteiger charge is -2.09. The number of rotatable bonds is 4. The van der Waals surface area contributed by atoms with E-state index in [0.717, 1.165) is 35.2 Å². The average Bonchev–Trinajstić information content (AvgIpc) is 3.55. The molecule has 10 heteroatoms. The fourth-order valence-electron chi connectivity index (χ4n) is 4.32. The molecule has 2 aromatic carbocycles. The maximum Gasteiger partial charge on any atom is 0.271 e. The molecule has 3 aromatic heterocycles. The Balaban J connectivity index is 1.54. The average molecular weight is 527 g/mol. The molecule has 0 unspecified atom stereocenters. The van der Waals surface area contributed by atoms with E-state index in [9.17, 15) is 9.59 Å². The molecule has 0 atom stereocenters. The van der Waals surface area contributed by atoms with Crippen molar-refractivity contribution in [1.29, 1.82) is 0 Å². The quantitative estimate of drug-likeness (QED) is 0.273. The minimum Gasteiger partial charge on any atom is -0.268 e. The van der Waals surface area contributed by atoms with Crippen molar-refractivity contribution in [3.05, 3.63) is 90.5 Å². The largest absolute Gasteiger partial charge is 0.271 e. The maximum absolute atomic E-state index is 13.7. The molecule has 0 fully saturated rings. The number of thiophene rings is 1. The Kier molecular flexibility index (Phi) is 5.49. The molecule has 6 rings (SSSR count). The first-order valence-corrected chi connectivity index (χ1v) is 13.2. The van der Waals surface area contributed by atoms with Crippen LogP contribution in [0.25, 0.3) is 16.0 Å². The highest BCUT2D eigenvalue weighted by Gasteiger charge is 2.28. The van der Waals surface area contributed by atoms with E-state index < -0.39 is 5.91 Å². The van der Waals surface area contributed by atoms with Crippen molar-refractivity contribution in [3.63, 3.8) is 0 Å². The molecule has 0 radical (unpaired) electrons. The minimum absolute atomic E-state index is 0.225. The number of fused-ring (bicyclic) bond motifs is 5. The highest BCUT2D eigenvalue weighted by molar-refractivity contribution is 7.98. The summed E-state index contributed by atoms with van der Waals surface area (Å²) in [6, 6.07) is 14.3. The third-order valence-electron chi connectivity index (χ3n) is 5.91. The van der Waals surface area contributed by atoms with Gasteiger partial charge in [-0.05, 0) is 54.7 Å². The molecule has 0 amide bonds. The van der Waals surface area contributed by atoms with Gasteiger partial charge in [-0.1, -0.05) is 59.2 Å². The standard InChI is InChI=1S/C24H16Cl2N4O2S2/c25-16-10-9-13(11-17(16)26)12-33-24-28-27-23-29(20(31)14-5-2-1-3-6-14)21(32)19-15-7-4-8-18(15)34-22(19)30(23)24/h1-3,5-6,9-11H,4,7-8,12H2. The Hall–Kier alpha value is -2.65. The molecule has 170 valence electrons. The number of aromatic nitrogens is 4. The number of benzene rings is 2. The fourth-order valence-corrected chi connectivity index (χ4v) is 6.95. The Morgan fingerprint density at radius 1 is 1.06 bits per heavy atom. The van der Waals surface area contributed by atoms with Crippen molar-refractivity contribution < 1.29 is 4.79 Å². The summed E-state index contributed by atoms with van der Waals surface area (Å²) in [6.45, 7) is 0. The zero-order chi connectivity index (χ0) is 23.4. The molecule has 0 spiro atoms. The summed E-state index contributed by atoms with van der Waals surface area (Å²) in [7, 11) is 0. The van der Waals surface area contributed by atoms with Crippen molar-refractivity contribution >= 4 is 68.2 Å². The highest BCUT2D eigenvalue weighted by Crippen LogP contribution is 2.37. The van der Waals surface area contributed by atoms with Crippen LogP contribution in [-0.4, -0.2) is 25.1 Å². The van der Waals surface area contributed by atoms with Gasteiger partial charge < -0.3 is 0 Å². The zero-order valence-electron chi connectivity index (χ0n) is 17.6. The van der Waals surface area contributed by atoms with Gasteiger partial charge in [0.2, 0.25) is 5.78 Å². The first-order chi connectivity index (χ1) is 16.5. The number of halogens is 2. The number of aryl methyl sites for hydroxylation is 2. The summed E-state index contributed by atoms with van der Waals surface area (Å²) in [4.78, 5) is 29.1. The predicted molar refractivity (Wildman–Crippen MR) is 137 cm³/mol. The van der Waals surface area contributed by atoms with Gasteiger partial charge in [-0.2, -0.15) is 0 Å². The summed E-state index contributed by atoms with van der Waals surface area (Å²) < 4.78 is 3.02. The number of hydrogen-bond donors (Lipinski definition) is 0. The molecule has 1 aliphatic rings. The van der Waals surface area contributed by atoms with Gasteiger partial charge in [0.1, 0.15) is 4.83 Å². The van der Waals surface area contributed by atoms with Gasteiger partial charge >= 0.3 is 0 Å². The topological polar surface area (TPSA) is 69.3 Å². The van der Waals surface area contributed by atoms with Crippen LogP contribution >= 0.6 is 46.3 Å². The van der Waals surface area contributed by atoms with Crippen molar-refractivity contribution in [2.75, 3.05) is 0 Å². The Bertz CT molecular complexity index is 1660. The third kappa shape index (κ3) is 3.48. The summed E-state index contributed by atoms with van der Waals surface area (Å²) in [5, 5.41) is 10.9.